The van der Waals surface area contributed by atoms with Gasteiger partial charge in [-0.05, 0) is 26.2 Å². The molecule has 1 N–H and O–H groups in total. The van der Waals surface area contributed by atoms with E-state index >= 15 is 0 Å². The van der Waals surface area contributed by atoms with E-state index in [0.717, 1.165) is 18.8 Å². The summed E-state index contributed by atoms with van der Waals surface area (Å²) in [5.41, 5.74) is 0. The smallest absolute Gasteiger partial charge is 0.220 e. The van der Waals surface area contributed by atoms with Crippen LogP contribution in [0, 0.1) is 5.92 Å². The van der Waals surface area contributed by atoms with Crippen LogP contribution >= 0.6 is 0 Å². The molecule has 1 aliphatic rings. The second-order valence-corrected chi connectivity index (χ2v) is 4.76. The van der Waals surface area contributed by atoms with Crippen LogP contribution in [0.3, 0.4) is 0 Å². The number of hydrogen-bond donors (Lipinski definition) is 1. The van der Waals surface area contributed by atoms with Crippen LogP contribution in [0.25, 0.3) is 0 Å². The number of rotatable bonds is 4. The van der Waals surface area contributed by atoms with Crippen LogP contribution in [0.1, 0.15) is 58.8 Å². The first-order chi connectivity index (χ1) is 6.68. The average molecular weight is 197 g/mol. The predicted molar refractivity (Wildman–Crippen MR) is 59.1 cm³/mol. The number of amides is 1. The van der Waals surface area contributed by atoms with Gasteiger partial charge >= 0.3 is 0 Å². The van der Waals surface area contributed by atoms with Gasteiger partial charge in [0.05, 0.1) is 0 Å². The normalized spacial score (nSPS) is 18.5. The Labute approximate surface area is 87.5 Å². The Morgan fingerprint density at radius 1 is 1.29 bits per heavy atom. The van der Waals surface area contributed by atoms with Crippen LogP contribution < -0.4 is 5.32 Å². The van der Waals surface area contributed by atoms with Crippen LogP contribution in [-0.4, -0.2) is 11.9 Å². The van der Waals surface area contributed by atoms with Crippen LogP contribution in [0.15, 0.2) is 0 Å². The van der Waals surface area contributed by atoms with Crippen molar-refractivity contribution in [1.82, 2.24) is 5.32 Å². The van der Waals surface area contributed by atoms with E-state index in [9.17, 15) is 4.79 Å². The van der Waals surface area contributed by atoms with Gasteiger partial charge in [0.15, 0.2) is 0 Å². The first kappa shape index (κ1) is 11.5. The van der Waals surface area contributed by atoms with Gasteiger partial charge < -0.3 is 5.32 Å². The van der Waals surface area contributed by atoms with Crippen molar-refractivity contribution in [3.05, 3.63) is 0 Å². The molecule has 1 rings (SSSR count). The maximum atomic E-state index is 11.4. The Morgan fingerprint density at radius 3 is 2.50 bits per heavy atom. The Hall–Kier alpha value is -0.530. The molecule has 1 saturated carbocycles. The molecule has 2 nitrogen and oxygen atoms in total. The van der Waals surface area contributed by atoms with E-state index in [-0.39, 0.29) is 11.9 Å². The molecule has 0 atom stereocenters. The highest BCUT2D eigenvalue weighted by Crippen LogP contribution is 2.27. The maximum Gasteiger partial charge on any atom is 0.220 e. The van der Waals surface area contributed by atoms with E-state index in [4.69, 9.17) is 0 Å². The summed E-state index contributed by atoms with van der Waals surface area (Å²) in [6.07, 6.45) is 8.65. The van der Waals surface area contributed by atoms with Crippen molar-refractivity contribution in [2.75, 3.05) is 0 Å². The SMILES string of the molecule is CC(C)NC(=O)CCC1CCCCC1. The molecule has 0 aromatic heterocycles. The lowest BCUT2D eigenvalue weighted by Crippen LogP contribution is -2.30. The van der Waals surface area contributed by atoms with Gasteiger partial charge in [-0.2, -0.15) is 0 Å². The largest absolute Gasteiger partial charge is 0.354 e. The Bertz CT molecular complexity index is 171. The van der Waals surface area contributed by atoms with E-state index < -0.39 is 0 Å². The van der Waals surface area contributed by atoms with Crippen molar-refractivity contribution in [2.45, 2.75) is 64.8 Å². The third-order valence-corrected chi connectivity index (χ3v) is 2.95. The molecule has 1 fully saturated rings. The molecule has 0 heterocycles. The lowest BCUT2D eigenvalue weighted by atomic mass is 9.86. The van der Waals surface area contributed by atoms with E-state index in [1.807, 2.05) is 13.8 Å². The fourth-order valence-corrected chi connectivity index (χ4v) is 2.21. The van der Waals surface area contributed by atoms with E-state index in [0.29, 0.717) is 0 Å². The minimum atomic E-state index is 0.227. The van der Waals surface area contributed by atoms with Crippen molar-refractivity contribution in [3.63, 3.8) is 0 Å². The monoisotopic (exact) mass is 197 g/mol. The molecule has 0 saturated heterocycles. The molecule has 0 bridgehead atoms. The van der Waals surface area contributed by atoms with Gasteiger partial charge in [0.2, 0.25) is 5.91 Å². The van der Waals surface area contributed by atoms with Gasteiger partial charge in [-0.15, -0.1) is 0 Å². The minimum Gasteiger partial charge on any atom is -0.354 e. The standard InChI is InChI=1S/C12H23NO/c1-10(2)13-12(14)9-8-11-6-4-3-5-7-11/h10-11H,3-9H2,1-2H3,(H,13,14). The number of carbonyl (C=O) groups is 1. The van der Waals surface area contributed by atoms with Crippen molar-refractivity contribution in [3.8, 4) is 0 Å². The Kier molecular flexibility index (Phi) is 4.99. The molecule has 0 radical (unpaired) electrons. The maximum absolute atomic E-state index is 11.4. The van der Waals surface area contributed by atoms with Gasteiger partial charge in [0.25, 0.3) is 0 Å². The lowest BCUT2D eigenvalue weighted by molar-refractivity contribution is -0.121. The summed E-state index contributed by atoms with van der Waals surface area (Å²) in [4.78, 5) is 11.4. The highest BCUT2D eigenvalue weighted by atomic mass is 16.1. The van der Waals surface area contributed by atoms with Crippen LogP contribution in [-0.2, 0) is 4.79 Å². The van der Waals surface area contributed by atoms with Crippen molar-refractivity contribution >= 4 is 5.91 Å². The zero-order valence-corrected chi connectivity index (χ0v) is 9.51. The fraction of sp³-hybridized carbons (Fsp3) is 0.917. The molecular weight excluding hydrogens is 174 g/mol. The lowest BCUT2D eigenvalue weighted by Gasteiger charge is -2.21. The molecular formula is C12H23NO. The van der Waals surface area contributed by atoms with Crippen LogP contribution in [0.2, 0.25) is 0 Å². The van der Waals surface area contributed by atoms with E-state index in [2.05, 4.69) is 5.32 Å². The second kappa shape index (κ2) is 6.05. The molecule has 14 heavy (non-hydrogen) atoms. The van der Waals surface area contributed by atoms with Crippen molar-refractivity contribution in [2.24, 2.45) is 5.92 Å². The van der Waals surface area contributed by atoms with E-state index in [1.54, 1.807) is 0 Å². The highest BCUT2D eigenvalue weighted by Gasteiger charge is 2.14. The van der Waals surface area contributed by atoms with Gasteiger partial charge in [0, 0.05) is 12.5 Å². The molecule has 2 heteroatoms. The molecule has 0 spiro atoms. The molecule has 0 aromatic carbocycles. The van der Waals surface area contributed by atoms with Crippen LogP contribution in [0.4, 0.5) is 0 Å². The van der Waals surface area contributed by atoms with Gasteiger partial charge in [0.1, 0.15) is 0 Å². The third kappa shape index (κ3) is 4.64. The first-order valence-electron chi connectivity index (χ1n) is 5.98. The summed E-state index contributed by atoms with van der Waals surface area (Å²) >= 11 is 0. The third-order valence-electron chi connectivity index (χ3n) is 2.95. The summed E-state index contributed by atoms with van der Waals surface area (Å²) in [7, 11) is 0. The number of hydrogen-bond acceptors (Lipinski definition) is 1. The molecule has 0 aromatic rings. The van der Waals surface area contributed by atoms with Gasteiger partial charge in [-0.3, -0.25) is 4.79 Å². The highest BCUT2D eigenvalue weighted by molar-refractivity contribution is 5.76. The second-order valence-electron chi connectivity index (χ2n) is 4.76. The average Bonchev–Trinajstić information content (AvgIpc) is 2.15. The summed E-state index contributed by atoms with van der Waals surface area (Å²) in [5, 5.41) is 2.94. The number of nitrogens with one attached hydrogen (secondary N) is 1. The van der Waals surface area contributed by atoms with E-state index in [1.165, 1.54) is 32.1 Å². The summed E-state index contributed by atoms with van der Waals surface area (Å²) < 4.78 is 0. The quantitative estimate of drug-likeness (QED) is 0.737. The topological polar surface area (TPSA) is 29.1 Å². The Morgan fingerprint density at radius 2 is 1.93 bits per heavy atom. The van der Waals surface area contributed by atoms with Gasteiger partial charge in [-0.25, -0.2) is 0 Å². The zero-order chi connectivity index (χ0) is 10.4. The summed E-state index contributed by atoms with van der Waals surface area (Å²) in [6, 6.07) is 0.286. The first-order valence-corrected chi connectivity index (χ1v) is 5.98. The summed E-state index contributed by atoms with van der Waals surface area (Å²) in [5.74, 6) is 1.05. The zero-order valence-electron chi connectivity index (χ0n) is 9.51. The molecule has 1 aliphatic carbocycles. The van der Waals surface area contributed by atoms with Gasteiger partial charge in [-0.1, -0.05) is 32.1 Å². The predicted octanol–water partition coefficient (Wildman–Crippen LogP) is 2.87. The molecule has 0 unspecified atom stereocenters. The van der Waals surface area contributed by atoms with Crippen molar-refractivity contribution < 1.29 is 4.79 Å². The molecule has 0 aliphatic heterocycles. The van der Waals surface area contributed by atoms with Crippen molar-refractivity contribution in [1.29, 1.82) is 0 Å². The van der Waals surface area contributed by atoms with Crippen LogP contribution in [0.5, 0.6) is 0 Å². The number of carbonyl (C=O) groups excluding carboxylic acids is 1. The summed E-state index contributed by atoms with van der Waals surface area (Å²) in [6.45, 7) is 4.02. The fourth-order valence-electron chi connectivity index (χ4n) is 2.21. The Balaban J connectivity index is 2.09. The molecule has 1 amide bonds. The molecule has 82 valence electrons. The minimum absolute atomic E-state index is 0.227.